The molecule has 0 radical (unpaired) electrons. The molecule has 0 bridgehead atoms. The normalized spacial score (nSPS) is 10.9. The van der Waals surface area contributed by atoms with Gasteiger partial charge in [0.05, 0.1) is 0 Å². The third kappa shape index (κ3) is 3.44. The molecule has 0 saturated carbocycles. The monoisotopic (exact) mass is 298 g/mol. The summed E-state index contributed by atoms with van der Waals surface area (Å²) in [7, 11) is 0. The van der Waals surface area contributed by atoms with Gasteiger partial charge in [-0.3, -0.25) is 15.6 Å². The van der Waals surface area contributed by atoms with Crippen LogP contribution in [0.2, 0.25) is 0 Å². The van der Waals surface area contributed by atoms with Crippen molar-refractivity contribution in [3.63, 3.8) is 0 Å². The van der Waals surface area contributed by atoms with Crippen LogP contribution in [0.1, 0.15) is 48.3 Å². The molecule has 0 atom stereocenters. The minimum atomic E-state index is -0.327. The maximum absolute atomic E-state index is 12.0. The van der Waals surface area contributed by atoms with Crippen molar-refractivity contribution in [1.29, 1.82) is 5.26 Å². The molecule has 114 valence electrons. The van der Waals surface area contributed by atoms with Gasteiger partial charge in [0, 0.05) is 11.0 Å². The molecular weight excluding hydrogens is 280 g/mol. The van der Waals surface area contributed by atoms with E-state index >= 15 is 0 Å². The van der Waals surface area contributed by atoms with E-state index in [4.69, 9.17) is 9.68 Å². The van der Waals surface area contributed by atoms with Crippen LogP contribution < -0.4 is 10.9 Å². The van der Waals surface area contributed by atoms with Crippen LogP contribution in [0, 0.1) is 18.3 Å². The van der Waals surface area contributed by atoms with Crippen molar-refractivity contribution in [2.75, 3.05) is 5.43 Å². The Bertz CT molecular complexity index is 718. The lowest BCUT2D eigenvalue weighted by molar-refractivity contribution is 0.0961. The molecule has 2 aromatic rings. The lowest BCUT2D eigenvalue weighted by Crippen LogP contribution is -2.29. The number of oxazole rings is 1. The Hall–Kier alpha value is -2.81. The molecule has 0 aliphatic rings. The molecule has 22 heavy (non-hydrogen) atoms. The van der Waals surface area contributed by atoms with Crippen LogP contribution >= 0.6 is 0 Å². The van der Waals surface area contributed by atoms with Crippen LogP contribution in [0.5, 0.6) is 0 Å². The number of rotatable bonds is 3. The van der Waals surface area contributed by atoms with E-state index < -0.39 is 0 Å². The highest BCUT2D eigenvalue weighted by Crippen LogP contribution is 2.26. The fourth-order valence-electron chi connectivity index (χ4n) is 1.69. The molecule has 1 heterocycles. The van der Waals surface area contributed by atoms with E-state index in [2.05, 4.69) is 15.8 Å². The molecule has 2 N–H and O–H groups in total. The fourth-order valence-corrected chi connectivity index (χ4v) is 1.69. The van der Waals surface area contributed by atoms with Gasteiger partial charge in [-0.05, 0) is 19.1 Å². The van der Waals surface area contributed by atoms with Gasteiger partial charge < -0.3 is 4.42 Å². The Kier molecular flexibility index (Phi) is 4.18. The number of carbonyl (C=O) groups excluding carboxylic acids is 1. The van der Waals surface area contributed by atoms with E-state index in [0.717, 1.165) is 5.56 Å². The van der Waals surface area contributed by atoms with E-state index in [0.29, 0.717) is 11.5 Å². The number of aromatic nitrogens is 1. The zero-order valence-corrected chi connectivity index (χ0v) is 13.0. The summed E-state index contributed by atoms with van der Waals surface area (Å²) in [5.41, 5.74) is 6.47. The lowest BCUT2D eigenvalue weighted by atomic mass is 9.97. The molecule has 1 aromatic heterocycles. The number of nitriles is 1. The first-order valence-electron chi connectivity index (χ1n) is 6.85. The van der Waals surface area contributed by atoms with Gasteiger partial charge in [0.1, 0.15) is 6.07 Å². The number of anilines is 1. The van der Waals surface area contributed by atoms with Crippen molar-refractivity contribution in [3.8, 4) is 6.07 Å². The Morgan fingerprint density at radius 3 is 2.45 bits per heavy atom. The van der Waals surface area contributed by atoms with Crippen LogP contribution in [0.25, 0.3) is 0 Å². The van der Waals surface area contributed by atoms with Gasteiger partial charge in [-0.25, -0.2) is 0 Å². The fraction of sp³-hybridized carbons (Fsp3) is 0.312. The standard InChI is InChI=1S/C16H18N4O2/c1-10-5-7-11(8-6-10)13(21)19-20-14-12(9-17)18-15(22-14)16(2,3)4/h5-8,20H,1-4H3,(H,19,21). The average molecular weight is 298 g/mol. The van der Waals surface area contributed by atoms with E-state index in [9.17, 15) is 4.79 Å². The largest absolute Gasteiger partial charge is 0.422 e. The summed E-state index contributed by atoms with van der Waals surface area (Å²) >= 11 is 0. The quantitative estimate of drug-likeness (QED) is 0.850. The average Bonchev–Trinajstić information content (AvgIpc) is 2.89. The third-order valence-electron chi connectivity index (χ3n) is 2.98. The van der Waals surface area contributed by atoms with E-state index in [-0.39, 0.29) is 22.9 Å². The van der Waals surface area contributed by atoms with Crippen LogP contribution in [0.4, 0.5) is 5.88 Å². The molecule has 0 unspecified atom stereocenters. The lowest BCUT2D eigenvalue weighted by Gasteiger charge is -2.12. The second kappa shape index (κ2) is 5.90. The number of nitrogens with one attached hydrogen (secondary N) is 2. The number of benzene rings is 1. The highest BCUT2D eigenvalue weighted by Gasteiger charge is 2.24. The Labute approximate surface area is 129 Å². The number of aryl methyl sites for hydroxylation is 1. The second-order valence-electron chi connectivity index (χ2n) is 6.00. The van der Waals surface area contributed by atoms with E-state index in [1.54, 1.807) is 12.1 Å². The van der Waals surface area contributed by atoms with Crippen LogP contribution in [0.15, 0.2) is 28.7 Å². The Morgan fingerprint density at radius 2 is 1.91 bits per heavy atom. The Balaban J connectivity index is 2.11. The van der Waals surface area contributed by atoms with E-state index in [1.165, 1.54) is 0 Å². The minimum absolute atomic E-state index is 0.106. The number of amides is 1. The highest BCUT2D eigenvalue weighted by atomic mass is 16.4. The van der Waals surface area contributed by atoms with Crippen molar-refractivity contribution in [2.24, 2.45) is 0 Å². The zero-order chi connectivity index (χ0) is 16.3. The molecular formula is C16H18N4O2. The van der Waals surface area contributed by atoms with Crippen LogP contribution in [-0.2, 0) is 5.41 Å². The number of hydrogen-bond acceptors (Lipinski definition) is 5. The predicted octanol–water partition coefficient (Wildman–Crippen LogP) is 2.91. The summed E-state index contributed by atoms with van der Waals surface area (Å²) in [6, 6.07) is 9.08. The minimum Gasteiger partial charge on any atom is -0.422 e. The third-order valence-corrected chi connectivity index (χ3v) is 2.98. The molecule has 1 aromatic carbocycles. The highest BCUT2D eigenvalue weighted by molar-refractivity contribution is 5.94. The van der Waals surface area contributed by atoms with Crippen molar-refractivity contribution >= 4 is 11.8 Å². The van der Waals surface area contributed by atoms with Gasteiger partial charge in [0.15, 0.2) is 0 Å². The van der Waals surface area contributed by atoms with Gasteiger partial charge in [0.2, 0.25) is 11.6 Å². The van der Waals surface area contributed by atoms with Crippen molar-refractivity contribution in [2.45, 2.75) is 33.1 Å². The number of nitrogens with zero attached hydrogens (tertiary/aromatic N) is 2. The summed E-state index contributed by atoms with van der Waals surface area (Å²) in [4.78, 5) is 16.1. The van der Waals surface area contributed by atoms with Crippen LogP contribution in [0.3, 0.4) is 0 Å². The first kappa shape index (κ1) is 15.6. The Morgan fingerprint density at radius 1 is 1.27 bits per heavy atom. The van der Waals surface area contributed by atoms with E-state index in [1.807, 2.05) is 45.9 Å². The molecule has 6 nitrogen and oxygen atoms in total. The van der Waals surface area contributed by atoms with Gasteiger partial charge in [-0.15, -0.1) is 0 Å². The number of hydrazine groups is 1. The number of carbonyl (C=O) groups is 1. The van der Waals surface area contributed by atoms with Gasteiger partial charge in [-0.1, -0.05) is 38.5 Å². The molecule has 2 rings (SSSR count). The second-order valence-corrected chi connectivity index (χ2v) is 6.00. The molecule has 0 spiro atoms. The van der Waals surface area contributed by atoms with Crippen LogP contribution in [-0.4, -0.2) is 10.9 Å². The maximum atomic E-state index is 12.0. The van der Waals surface area contributed by atoms with Crippen molar-refractivity contribution < 1.29 is 9.21 Å². The SMILES string of the molecule is Cc1ccc(C(=O)NNc2oc(C(C)(C)C)nc2C#N)cc1. The van der Waals surface area contributed by atoms with Gasteiger partial charge in [0.25, 0.3) is 11.8 Å². The maximum Gasteiger partial charge on any atom is 0.269 e. The molecule has 0 fully saturated rings. The summed E-state index contributed by atoms with van der Waals surface area (Å²) in [6.07, 6.45) is 0. The molecule has 0 aliphatic heterocycles. The molecule has 0 saturated heterocycles. The molecule has 6 heteroatoms. The molecule has 0 aliphatic carbocycles. The van der Waals surface area contributed by atoms with Gasteiger partial charge >= 0.3 is 0 Å². The molecule has 1 amide bonds. The van der Waals surface area contributed by atoms with Crippen molar-refractivity contribution in [3.05, 3.63) is 47.0 Å². The summed E-state index contributed by atoms with van der Waals surface area (Å²) < 4.78 is 5.52. The summed E-state index contributed by atoms with van der Waals surface area (Å²) in [5, 5.41) is 9.09. The first-order chi connectivity index (χ1) is 10.3. The topological polar surface area (TPSA) is 90.9 Å². The van der Waals surface area contributed by atoms with Crippen molar-refractivity contribution in [1.82, 2.24) is 10.4 Å². The smallest absolute Gasteiger partial charge is 0.269 e. The predicted molar refractivity (Wildman–Crippen MR) is 82.2 cm³/mol. The summed E-state index contributed by atoms with van der Waals surface area (Å²) in [6.45, 7) is 7.72. The summed E-state index contributed by atoms with van der Waals surface area (Å²) in [5.74, 6) is 0.238. The zero-order valence-electron chi connectivity index (χ0n) is 13.0. The first-order valence-corrected chi connectivity index (χ1v) is 6.85. The van der Waals surface area contributed by atoms with Gasteiger partial charge in [-0.2, -0.15) is 10.2 Å². The number of hydrogen-bond donors (Lipinski definition) is 2.